The molecule has 1 fully saturated rings. The molecule has 2 heterocycles. The molecule has 0 radical (unpaired) electrons. The minimum atomic E-state index is -3.88. The van der Waals surface area contributed by atoms with E-state index >= 15 is 0 Å². The second-order valence-corrected chi connectivity index (χ2v) is 8.41. The van der Waals surface area contributed by atoms with Crippen LogP contribution in [0.15, 0.2) is 29.3 Å². The lowest BCUT2D eigenvalue weighted by molar-refractivity contribution is 0.0600. The minimum Gasteiger partial charge on any atom is -0.330 e. The van der Waals surface area contributed by atoms with Gasteiger partial charge >= 0.3 is 0 Å². The molecule has 0 spiro atoms. The van der Waals surface area contributed by atoms with Crippen molar-refractivity contribution in [2.45, 2.75) is 44.0 Å². The van der Waals surface area contributed by atoms with Crippen LogP contribution in [0.3, 0.4) is 0 Å². The number of carbonyl (C=O) groups is 1. The number of nitrogens with zero attached hydrogens (tertiary/aromatic N) is 3. The molecule has 1 aromatic heterocycles. The summed E-state index contributed by atoms with van der Waals surface area (Å²) in [5.41, 5.74) is 2.88. The van der Waals surface area contributed by atoms with E-state index in [1.807, 2.05) is 24.9 Å². The number of carbonyl (C=O) groups excluding carboxylic acids is 1. The molecule has 26 heavy (non-hydrogen) atoms. The average molecular weight is 376 g/mol. The Kier molecular flexibility index (Phi) is 4.90. The van der Waals surface area contributed by atoms with E-state index in [0.29, 0.717) is 12.1 Å². The van der Waals surface area contributed by atoms with E-state index < -0.39 is 10.0 Å². The number of rotatable bonds is 3. The van der Waals surface area contributed by atoms with Crippen molar-refractivity contribution in [2.24, 2.45) is 12.2 Å². The van der Waals surface area contributed by atoms with Gasteiger partial charge in [-0.05, 0) is 62.4 Å². The van der Waals surface area contributed by atoms with Crippen LogP contribution in [0.4, 0.5) is 0 Å². The van der Waals surface area contributed by atoms with E-state index in [1.165, 1.54) is 12.1 Å². The summed E-state index contributed by atoms with van der Waals surface area (Å²) in [5, 5.41) is 9.50. The first-order chi connectivity index (χ1) is 12.2. The first kappa shape index (κ1) is 18.6. The zero-order valence-electron chi connectivity index (χ0n) is 15.3. The van der Waals surface area contributed by atoms with Gasteiger partial charge in [-0.25, -0.2) is 13.6 Å². The molecule has 7 nitrogen and oxygen atoms in total. The van der Waals surface area contributed by atoms with Crippen molar-refractivity contribution in [3.8, 4) is 0 Å². The highest BCUT2D eigenvalue weighted by Crippen LogP contribution is 2.33. The number of likely N-dealkylation sites (tertiary alicyclic amines) is 1. The van der Waals surface area contributed by atoms with Gasteiger partial charge in [0.05, 0.1) is 16.6 Å². The van der Waals surface area contributed by atoms with Crippen LogP contribution in [0.2, 0.25) is 0 Å². The maximum atomic E-state index is 13.3. The SMILES string of the molecule is Cc1cc(S(N)(=O)=O)cc(C(=O)N2CCCCC2c2ccnn2C)c1C. The number of amides is 1. The van der Waals surface area contributed by atoms with Crippen LogP contribution in [0.25, 0.3) is 0 Å². The van der Waals surface area contributed by atoms with Gasteiger partial charge in [0.1, 0.15) is 0 Å². The summed E-state index contributed by atoms with van der Waals surface area (Å²) in [6.07, 6.45) is 4.55. The molecule has 8 heteroatoms. The van der Waals surface area contributed by atoms with Crippen molar-refractivity contribution in [1.82, 2.24) is 14.7 Å². The molecule has 0 bridgehead atoms. The molecule has 3 rings (SSSR count). The number of sulfonamides is 1. The van der Waals surface area contributed by atoms with Gasteiger partial charge in [-0.1, -0.05) is 0 Å². The molecule has 2 N–H and O–H groups in total. The standard InChI is InChI=1S/C18H24N4O3S/c1-12-10-14(26(19,24)25)11-15(13(12)2)18(23)22-9-5-4-6-17(22)16-7-8-20-21(16)3/h7-8,10-11,17H,4-6,9H2,1-3H3,(H2,19,24,25). The van der Waals surface area contributed by atoms with Crippen LogP contribution in [0.1, 0.15) is 52.5 Å². The Morgan fingerprint density at radius 3 is 2.62 bits per heavy atom. The van der Waals surface area contributed by atoms with E-state index in [2.05, 4.69) is 5.10 Å². The summed E-state index contributed by atoms with van der Waals surface area (Å²) in [6.45, 7) is 4.25. The maximum absolute atomic E-state index is 13.3. The summed E-state index contributed by atoms with van der Waals surface area (Å²) in [4.78, 5) is 15.1. The molecule has 0 saturated carbocycles. The fourth-order valence-corrected chi connectivity index (χ4v) is 4.18. The van der Waals surface area contributed by atoms with Gasteiger partial charge < -0.3 is 4.90 Å². The first-order valence-corrected chi connectivity index (χ1v) is 10.2. The average Bonchev–Trinajstić information content (AvgIpc) is 3.01. The molecule has 1 saturated heterocycles. The normalized spacial score (nSPS) is 18.2. The number of benzene rings is 1. The van der Waals surface area contributed by atoms with Crippen LogP contribution in [0, 0.1) is 13.8 Å². The van der Waals surface area contributed by atoms with Crippen LogP contribution in [-0.2, 0) is 17.1 Å². The Balaban J connectivity index is 2.05. The number of aromatic nitrogens is 2. The number of nitrogens with two attached hydrogens (primary N) is 1. The highest BCUT2D eigenvalue weighted by Gasteiger charge is 2.31. The lowest BCUT2D eigenvalue weighted by Gasteiger charge is -2.36. The molecule has 1 amide bonds. The molecule has 1 aliphatic rings. The number of hydrogen-bond donors (Lipinski definition) is 1. The number of aryl methyl sites for hydroxylation is 2. The highest BCUT2D eigenvalue weighted by molar-refractivity contribution is 7.89. The van der Waals surface area contributed by atoms with Crippen molar-refractivity contribution >= 4 is 15.9 Å². The zero-order valence-corrected chi connectivity index (χ0v) is 16.1. The largest absolute Gasteiger partial charge is 0.330 e. The quantitative estimate of drug-likeness (QED) is 0.886. The fourth-order valence-electron chi connectivity index (χ4n) is 3.56. The van der Waals surface area contributed by atoms with E-state index in [4.69, 9.17) is 5.14 Å². The van der Waals surface area contributed by atoms with E-state index in [0.717, 1.165) is 36.1 Å². The molecule has 0 aliphatic carbocycles. The smallest absolute Gasteiger partial charge is 0.254 e. The molecule has 140 valence electrons. The van der Waals surface area contributed by atoms with Crippen LogP contribution in [-0.4, -0.2) is 35.6 Å². The second kappa shape index (κ2) is 6.85. The number of primary sulfonamides is 1. The Morgan fingerprint density at radius 2 is 2.00 bits per heavy atom. The van der Waals surface area contributed by atoms with E-state index in [1.54, 1.807) is 17.8 Å². The van der Waals surface area contributed by atoms with E-state index in [9.17, 15) is 13.2 Å². The van der Waals surface area contributed by atoms with Gasteiger partial charge in [0, 0.05) is 25.4 Å². The van der Waals surface area contributed by atoms with Gasteiger partial charge in [-0.3, -0.25) is 9.48 Å². The van der Waals surface area contributed by atoms with Crippen molar-refractivity contribution < 1.29 is 13.2 Å². The number of piperidine rings is 1. The summed E-state index contributed by atoms with van der Waals surface area (Å²) < 4.78 is 25.4. The van der Waals surface area contributed by atoms with Crippen molar-refractivity contribution in [3.05, 3.63) is 46.8 Å². The van der Waals surface area contributed by atoms with Crippen molar-refractivity contribution in [1.29, 1.82) is 0 Å². The molecular formula is C18H24N4O3S. The van der Waals surface area contributed by atoms with Crippen LogP contribution >= 0.6 is 0 Å². The van der Waals surface area contributed by atoms with Gasteiger partial charge in [0.25, 0.3) is 5.91 Å². The highest BCUT2D eigenvalue weighted by atomic mass is 32.2. The first-order valence-electron chi connectivity index (χ1n) is 8.63. The third-order valence-electron chi connectivity index (χ3n) is 5.16. The molecule has 1 aliphatic heterocycles. The lowest BCUT2D eigenvalue weighted by Crippen LogP contribution is -2.39. The summed E-state index contributed by atoms with van der Waals surface area (Å²) in [6, 6.07) is 4.77. The zero-order chi connectivity index (χ0) is 19.1. The Labute approximate surface area is 153 Å². The molecule has 1 aromatic carbocycles. The maximum Gasteiger partial charge on any atom is 0.254 e. The van der Waals surface area contributed by atoms with Gasteiger partial charge in [-0.15, -0.1) is 0 Å². The summed E-state index contributed by atoms with van der Waals surface area (Å²) in [5.74, 6) is -0.165. The molecular weight excluding hydrogens is 352 g/mol. The second-order valence-electron chi connectivity index (χ2n) is 6.85. The Morgan fingerprint density at radius 1 is 1.27 bits per heavy atom. The Hall–Kier alpha value is -2.19. The van der Waals surface area contributed by atoms with E-state index in [-0.39, 0.29) is 16.8 Å². The van der Waals surface area contributed by atoms with Crippen molar-refractivity contribution in [2.75, 3.05) is 6.54 Å². The van der Waals surface area contributed by atoms with Crippen LogP contribution < -0.4 is 5.14 Å². The third-order valence-corrected chi connectivity index (χ3v) is 6.06. The topological polar surface area (TPSA) is 98.3 Å². The van der Waals surface area contributed by atoms with Crippen LogP contribution in [0.5, 0.6) is 0 Å². The summed E-state index contributed by atoms with van der Waals surface area (Å²) in [7, 11) is -2.01. The number of hydrogen-bond acceptors (Lipinski definition) is 4. The predicted molar refractivity (Wildman–Crippen MR) is 98.1 cm³/mol. The third kappa shape index (κ3) is 3.39. The van der Waals surface area contributed by atoms with Gasteiger partial charge in [0.2, 0.25) is 10.0 Å². The molecule has 1 atom stereocenters. The Bertz CT molecular complexity index is 949. The molecule has 2 aromatic rings. The van der Waals surface area contributed by atoms with Crippen molar-refractivity contribution in [3.63, 3.8) is 0 Å². The fraction of sp³-hybridized carbons (Fsp3) is 0.444. The monoisotopic (exact) mass is 376 g/mol. The van der Waals surface area contributed by atoms with Gasteiger partial charge in [0.15, 0.2) is 0 Å². The lowest BCUT2D eigenvalue weighted by atomic mass is 9.96. The van der Waals surface area contributed by atoms with Gasteiger partial charge in [-0.2, -0.15) is 5.10 Å². The molecule has 1 unspecified atom stereocenters. The summed E-state index contributed by atoms with van der Waals surface area (Å²) >= 11 is 0. The minimum absolute atomic E-state index is 0.0296. The predicted octanol–water partition coefficient (Wildman–Crippen LogP) is 2.05.